The fraction of sp³-hybridized carbons (Fsp3) is 0.417. The maximum atomic E-state index is 14.0. The lowest BCUT2D eigenvalue weighted by atomic mass is 10.1. The van der Waals surface area contributed by atoms with Gasteiger partial charge in [0, 0.05) is 44.8 Å². The molecule has 0 radical (unpaired) electrons. The summed E-state index contributed by atoms with van der Waals surface area (Å²) < 4.78 is 34.1. The summed E-state index contributed by atoms with van der Waals surface area (Å²) in [6.07, 6.45) is 1.08. The van der Waals surface area contributed by atoms with E-state index in [1.807, 2.05) is 11.0 Å². The molecule has 1 N–H and O–H groups in total. The van der Waals surface area contributed by atoms with E-state index in [1.165, 1.54) is 5.56 Å². The first-order chi connectivity index (χ1) is 15.5. The molecule has 1 amide bonds. The predicted molar refractivity (Wildman–Crippen MR) is 115 cm³/mol. The molecule has 2 bridgehead atoms. The lowest BCUT2D eigenvalue weighted by molar-refractivity contribution is -0.144. The number of morpholine rings is 2. The Labute approximate surface area is 186 Å². The number of benzene rings is 2. The number of carbonyl (C=O) groups is 1. The Morgan fingerprint density at radius 2 is 1.69 bits per heavy atom. The van der Waals surface area contributed by atoms with E-state index < -0.39 is 11.6 Å². The first-order valence-electron chi connectivity index (χ1n) is 10.8. The van der Waals surface area contributed by atoms with Gasteiger partial charge in [0.2, 0.25) is 5.91 Å². The molecule has 2 aliphatic heterocycles. The third-order valence-corrected chi connectivity index (χ3v) is 5.89. The highest BCUT2D eigenvalue weighted by Gasteiger charge is 2.35. The molecule has 2 fully saturated rings. The van der Waals surface area contributed by atoms with Gasteiger partial charge in [-0.3, -0.25) is 14.6 Å². The zero-order valence-corrected chi connectivity index (χ0v) is 17.8. The van der Waals surface area contributed by atoms with Crippen molar-refractivity contribution in [2.24, 2.45) is 0 Å². The van der Waals surface area contributed by atoms with Gasteiger partial charge < -0.3 is 10.1 Å². The quantitative estimate of drug-likeness (QED) is 0.714. The van der Waals surface area contributed by atoms with Crippen LogP contribution in [0, 0.1) is 23.0 Å². The smallest absolute Gasteiger partial charge is 0.234 e. The van der Waals surface area contributed by atoms with Crippen LogP contribution >= 0.6 is 0 Å². The van der Waals surface area contributed by atoms with Crippen LogP contribution in [-0.4, -0.2) is 67.2 Å². The molecular formula is C24H26F2N4O2. The van der Waals surface area contributed by atoms with Crippen molar-refractivity contribution >= 4 is 5.91 Å². The van der Waals surface area contributed by atoms with Crippen LogP contribution in [0.1, 0.15) is 16.7 Å². The van der Waals surface area contributed by atoms with Gasteiger partial charge in [0.15, 0.2) is 0 Å². The summed E-state index contributed by atoms with van der Waals surface area (Å²) in [7, 11) is 0. The summed E-state index contributed by atoms with van der Waals surface area (Å²) in [5, 5.41) is 11.4. The highest BCUT2D eigenvalue weighted by Crippen LogP contribution is 2.20. The van der Waals surface area contributed by atoms with Crippen molar-refractivity contribution in [1.29, 1.82) is 5.26 Å². The third kappa shape index (κ3) is 5.68. The van der Waals surface area contributed by atoms with Gasteiger partial charge in [0.1, 0.15) is 11.6 Å². The molecule has 2 aliphatic rings. The van der Waals surface area contributed by atoms with E-state index in [1.54, 1.807) is 6.07 Å². The molecule has 2 aromatic rings. The number of ether oxygens (including phenoxy) is 1. The molecule has 32 heavy (non-hydrogen) atoms. The second-order valence-corrected chi connectivity index (χ2v) is 8.38. The number of nitrogens with one attached hydrogen (secondary N) is 1. The number of carbonyl (C=O) groups excluding carboxylic acids is 1. The first kappa shape index (κ1) is 22.3. The van der Waals surface area contributed by atoms with Gasteiger partial charge in [-0.2, -0.15) is 5.26 Å². The Balaban J connectivity index is 1.24. The number of hydrogen-bond acceptors (Lipinski definition) is 5. The van der Waals surface area contributed by atoms with Gasteiger partial charge in [-0.1, -0.05) is 30.3 Å². The maximum Gasteiger partial charge on any atom is 0.234 e. The van der Waals surface area contributed by atoms with Crippen LogP contribution in [-0.2, 0) is 22.5 Å². The fourth-order valence-corrected chi connectivity index (χ4v) is 4.39. The molecule has 0 aromatic heterocycles. The number of rotatable bonds is 7. The van der Waals surface area contributed by atoms with Crippen LogP contribution < -0.4 is 5.32 Å². The lowest BCUT2D eigenvalue weighted by Crippen LogP contribution is -2.60. The normalized spacial score (nSPS) is 21.2. The topological polar surface area (TPSA) is 68.6 Å². The summed E-state index contributed by atoms with van der Waals surface area (Å²) in [6.45, 7) is 3.80. The summed E-state index contributed by atoms with van der Waals surface area (Å²) in [6, 6.07) is 14.0. The molecule has 0 spiro atoms. The minimum atomic E-state index is -0.835. The van der Waals surface area contributed by atoms with E-state index in [4.69, 9.17) is 10.00 Å². The molecule has 0 saturated carbocycles. The number of amides is 1. The summed E-state index contributed by atoms with van der Waals surface area (Å²) in [5.41, 5.74) is 0.982. The molecule has 168 valence electrons. The molecule has 0 aliphatic carbocycles. The molecule has 2 heterocycles. The second-order valence-electron chi connectivity index (χ2n) is 8.38. The minimum absolute atomic E-state index is 0.0412. The van der Waals surface area contributed by atoms with Gasteiger partial charge in [-0.05, 0) is 24.1 Å². The molecule has 8 heteroatoms. The van der Waals surface area contributed by atoms with Crippen LogP contribution in [0.15, 0.2) is 42.5 Å². The van der Waals surface area contributed by atoms with Crippen molar-refractivity contribution in [3.8, 4) is 6.07 Å². The molecule has 6 nitrogen and oxygen atoms in total. The van der Waals surface area contributed by atoms with E-state index in [0.717, 1.165) is 38.2 Å². The van der Waals surface area contributed by atoms with Crippen molar-refractivity contribution in [3.63, 3.8) is 0 Å². The van der Waals surface area contributed by atoms with Crippen LogP contribution in [0.25, 0.3) is 0 Å². The Kier molecular flexibility index (Phi) is 7.10. The molecule has 4 rings (SSSR count). The van der Waals surface area contributed by atoms with Crippen LogP contribution in [0.3, 0.4) is 0 Å². The Bertz CT molecular complexity index is 958. The number of halogens is 2. The number of nitriles is 1. The molecule has 2 atom stereocenters. The maximum absolute atomic E-state index is 14.0. The standard InChI is InChI=1S/C24H26F2N4O2/c25-22-8-18(10-27)9-23(26)21(22)11-28-24(31)16-30-14-19-12-29(13-20(15-30)32-19)7-6-17-4-2-1-3-5-17/h1-5,8-9,19-20H,6-7,11-16H2,(H,28,31). The SMILES string of the molecule is N#Cc1cc(F)c(CNC(=O)CN2CC3CN(CCc4ccccc4)CC(C2)O3)c(F)c1. The van der Waals surface area contributed by atoms with E-state index in [-0.39, 0.29) is 42.3 Å². The summed E-state index contributed by atoms with van der Waals surface area (Å²) in [4.78, 5) is 16.8. The van der Waals surface area contributed by atoms with Gasteiger partial charge in [-0.15, -0.1) is 0 Å². The summed E-state index contributed by atoms with van der Waals surface area (Å²) in [5.74, 6) is -1.97. The first-order valence-corrected chi connectivity index (χ1v) is 10.8. The average Bonchev–Trinajstić information content (AvgIpc) is 2.77. The van der Waals surface area contributed by atoms with Gasteiger partial charge in [-0.25, -0.2) is 8.78 Å². The van der Waals surface area contributed by atoms with Crippen molar-refractivity contribution in [2.75, 3.05) is 39.3 Å². The average molecular weight is 440 g/mol. The fourth-order valence-electron chi connectivity index (χ4n) is 4.39. The molecular weight excluding hydrogens is 414 g/mol. The van der Waals surface area contributed by atoms with Gasteiger partial charge in [0.05, 0.1) is 30.4 Å². The third-order valence-electron chi connectivity index (χ3n) is 5.89. The number of nitrogens with zero attached hydrogens (tertiary/aromatic N) is 3. The Hall–Kier alpha value is -2.86. The Morgan fingerprint density at radius 1 is 1.06 bits per heavy atom. The van der Waals surface area contributed by atoms with Gasteiger partial charge in [0.25, 0.3) is 0 Å². The zero-order valence-electron chi connectivity index (χ0n) is 17.8. The van der Waals surface area contributed by atoms with E-state index >= 15 is 0 Å². The van der Waals surface area contributed by atoms with Gasteiger partial charge >= 0.3 is 0 Å². The largest absolute Gasteiger partial charge is 0.370 e. The van der Waals surface area contributed by atoms with Crippen LogP contribution in [0.2, 0.25) is 0 Å². The summed E-state index contributed by atoms with van der Waals surface area (Å²) >= 11 is 0. The van der Waals surface area contributed by atoms with Crippen molar-refractivity contribution in [2.45, 2.75) is 25.2 Å². The van der Waals surface area contributed by atoms with E-state index in [9.17, 15) is 13.6 Å². The second kappa shape index (κ2) is 10.2. The zero-order chi connectivity index (χ0) is 22.5. The van der Waals surface area contributed by atoms with E-state index in [2.05, 4.69) is 34.5 Å². The lowest BCUT2D eigenvalue weighted by Gasteiger charge is -2.45. The number of fused-ring (bicyclic) bond motifs is 2. The number of hydrogen-bond donors (Lipinski definition) is 1. The van der Waals surface area contributed by atoms with Crippen molar-refractivity contribution in [3.05, 3.63) is 70.8 Å². The molecule has 2 saturated heterocycles. The monoisotopic (exact) mass is 440 g/mol. The predicted octanol–water partition coefficient (Wildman–Crippen LogP) is 2.08. The highest BCUT2D eigenvalue weighted by atomic mass is 19.1. The van der Waals surface area contributed by atoms with E-state index in [0.29, 0.717) is 13.1 Å². The molecule has 2 aromatic carbocycles. The van der Waals surface area contributed by atoms with Crippen LogP contribution in [0.5, 0.6) is 0 Å². The Morgan fingerprint density at radius 3 is 2.31 bits per heavy atom. The highest BCUT2D eigenvalue weighted by molar-refractivity contribution is 5.78. The molecule has 2 unspecified atom stereocenters. The minimum Gasteiger partial charge on any atom is -0.370 e. The van der Waals surface area contributed by atoms with Crippen molar-refractivity contribution < 1.29 is 18.3 Å². The van der Waals surface area contributed by atoms with Crippen molar-refractivity contribution in [1.82, 2.24) is 15.1 Å². The van der Waals surface area contributed by atoms with Crippen LogP contribution in [0.4, 0.5) is 8.78 Å².